The summed E-state index contributed by atoms with van der Waals surface area (Å²) < 4.78 is 5.28. The van der Waals surface area contributed by atoms with E-state index in [0.717, 1.165) is 12.3 Å². The van der Waals surface area contributed by atoms with Gasteiger partial charge >= 0.3 is 5.97 Å². The summed E-state index contributed by atoms with van der Waals surface area (Å²) >= 11 is 17.8. The second-order valence-corrected chi connectivity index (χ2v) is 7.03. The van der Waals surface area contributed by atoms with E-state index in [0.29, 0.717) is 17.5 Å². The van der Waals surface area contributed by atoms with Crippen LogP contribution in [0.3, 0.4) is 0 Å². The fraction of sp³-hybridized carbons (Fsp3) is 0.562. The van der Waals surface area contributed by atoms with Gasteiger partial charge in [0.25, 0.3) is 0 Å². The smallest absolute Gasteiger partial charge is 0.339 e. The maximum atomic E-state index is 12.0. The van der Waals surface area contributed by atoms with Crippen LogP contribution in [0.25, 0.3) is 0 Å². The molecule has 1 unspecified atom stereocenters. The largest absolute Gasteiger partial charge is 0.462 e. The monoisotopic (exact) mass is 348 g/mol. The summed E-state index contributed by atoms with van der Waals surface area (Å²) in [6.45, 7) is 2.60. The third kappa shape index (κ3) is 4.77. The Balaban J connectivity index is 1.81. The molecule has 1 atom stereocenters. The number of hydrogen-bond donors (Lipinski definition) is 0. The normalized spacial score (nSPS) is 16.4. The van der Waals surface area contributed by atoms with E-state index >= 15 is 0 Å². The quantitative estimate of drug-likeness (QED) is 0.463. The minimum Gasteiger partial charge on any atom is -0.462 e. The Morgan fingerprint density at radius 3 is 2.67 bits per heavy atom. The van der Waals surface area contributed by atoms with Gasteiger partial charge in [0.05, 0.1) is 22.2 Å². The number of esters is 1. The van der Waals surface area contributed by atoms with E-state index in [1.54, 1.807) is 0 Å². The third-order valence-electron chi connectivity index (χ3n) is 4.02. The fourth-order valence-corrected chi connectivity index (χ4v) is 3.23. The molecule has 0 saturated heterocycles. The van der Waals surface area contributed by atoms with Gasteiger partial charge in [0, 0.05) is 5.02 Å². The van der Waals surface area contributed by atoms with Gasteiger partial charge in [-0.15, -0.1) is 0 Å². The standard InChI is InChI=1S/C16H19Cl3O2/c1-10(7-11-3-2-4-11)5-6-21-16(20)13-8-12(17)9-14(18)15(13)19/h8-11H,2-7H2,1H3. The van der Waals surface area contributed by atoms with Crippen LogP contribution in [0.2, 0.25) is 15.1 Å². The molecule has 0 radical (unpaired) electrons. The van der Waals surface area contributed by atoms with Gasteiger partial charge in [0.15, 0.2) is 0 Å². The molecule has 0 spiro atoms. The van der Waals surface area contributed by atoms with Crippen molar-refractivity contribution in [2.75, 3.05) is 6.61 Å². The van der Waals surface area contributed by atoms with Crippen LogP contribution in [-0.4, -0.2) is 12.6 Å². The van der Waals surface area contributed by atoms with E-state index < -0.39 is 5.97 Å². The van der Waals surface area contributed by atoms with E-state index in [2.05, 4.69) is 6.92 Å². The number of ether oxygens (including phenoxy) is 1. The summed E-state index contributed by atoms with van der Waals surface area (Å²) in [5.41, 5.74) is 0.223. The van der Waals surface area contributed by atoms with Crippen LogP contribution in [0.1, 0.15) is 49.4 Å². The van der Waals surface area contributed by atoms with Crippen molar-refractivity contribution in [1.29, 1.82) is 0 Å². The molecular formula is C16H19Cl3O2. The Hall–Kier alpha value is -0.440. The maximum Gasteiger partial charge on any atom is 0.339 e. The van der Waals surface area contributed by atoms with Gasteiger partial charge in [-0.05, 0) is 36.8 Å². The van der Waals surface area contributed by atoms with Crippen LogP contribution >= 0.6 is 34.8 Å². The highest BCUT2D eigenvalue weighted by Crippen LogP contribution is 2.33. The molecule has 116 valence electrons. The van der Waals surface area contributed by atoms with Crippen molar-refractivity contribution in [3.63, 3.8) is 0 Å². The van der Waals surface area contributed by atoms with Crippen LogP contribution in [0.15, 0.2) is 12.1 Å². The molecule has 1 aromatic carbocycles. The first kappa shape index (κ1) is 16.9. The van der Waals surface area contributed by atoms with Crippen LogP contribution in [0, 0.1) is 11.8 Å². The molecule has 0 amide bonds. The van der Waals surface area contributed by atoms with Crippen molar-refractivity contribution in [3.8, 4) is 0 Å². The molecule has 2 nitrogen and oxygen atoms in total. The highest BCUT2D eigenvalue weighted by atomic mass is 35.5. The lowest BCUT2D eigenvalue weighted by Crippen LogP contribution is -2.16. The van der Waals surface area contributed by atoms with Crippen molar-refractivity contribution in [1.82, 2.24) is 0 Å². The SMILES string of the molecule is CC(CCOC(=O)c1cc(Cl)cc(Cl)c1Cl)CC1CCC1. The Morgan fingerprint density at radius 2 is 2.05 bits per heavy atom. The predicted molar refractivity (Wildman–Crippen MR) is 87.5 cm³/mol. The third-order valence-corrected chi connectivity index (χ3v) is 5.04. The molecule has 1 saturated carbocycles. The summed E-state index contributed by atoms with van der Waals surface area (Å²) in [5.74, 6) is 0.971. The van der Waals surface area contributed by atoms with Crippen molar-refractivity contribution in [2.45, 2.75) is 39.0 Å². The average Bonchev–Trinajstić information content (AvgIpc) is 2.38. The number of benzene rings is 1. The summed E-state index contributed by atoms with van der Waals surface area (Å²) in [5, 5.41) is 0.817. The van der Waals surface area contributed by atoms with Gasteiger partial charge in [-0.2, -0.15) is 0 Å². The van der Waals surface area contributed by atoms with Gasteiger partial charge < -0.3 is 4.74 Å². The first-order chi connectivity index (χ1) is 9.97. The van der Waals surface area contributed by atoms with Gasteiger partial charge in [0.1, 0.15) is 0 Å². The summed E-state index contributed by atoms with van der Waals surface area (Å²) in [4.78, 5) is 12.0. The van der Waals surface area contributed by atoms with E-state index in [1.807, 2.05) is 0 Å². The van der Waals surface area contributed by atoms with Crippen molar-refractivity contribution >= 4 is 40.8 Å². The van der Waals surface area contributed by atoms with Crippen molar-refractivity contribution in [2.24, 2.45) is 11.8 Å². The fourth-order valence-electron chi connectivity index (χ4n) is 2.55. The second kappa shape index (κ2) is 7.71. The Bertz CT molecular complexity index is 512. The first-order valence-corrected chi connectivity index (χ1v) is 8.42. The van der Waals surface area contributed by atoms with Gasteiger partial charge in [-0.1, -0.05) is 61.0 Å². The lowest BCUT2D eigenvalue weighted by Gasteiger charge is -2.28. The molecule has 21 heavy (non-hydrogen) atoms. The maximum absolute atomic E-state index is 12.0. The van der Waals surface area contributed by atoms with E-state index in [4.69, 9.17) is 39.5 Å². The molecular weight excluding hydrogens is 331 g/mol. The zero-order valence-electron chi connectivity index (χ0n) is 12.0. The minimum atomic E-state index is -0.472. The zero-order valence-corrected chi connectivity index (χ0v) is 14.3. The highest BCUT2D eigenvalue weighted by molar-refractivity contribution is 6.45. The van der Waals surface area contributed by atoms with E-state index in [-0.39, 0.29) is 15.6 Å². The van der Waals surface area contributed by atoms with E-state index in [1.165, 1.54) is 37.8 Å². The molecule has 1 aromatic rings. The van der Waals surface area contributed by atoms with Crippen molar-refractivity contribution < 1.29 is 9.53 Å². The molecule has 1 fully saturated rings. The number of carbonyl (C=O) groups is 1. The lowest BCUT2D eigenvalue weighted by molar-refractivity contribution is 0.0478. The van der Waals surface area contributed by atoms with Gasteiger partial charge in [-0.3, -0.25) is 0 Å². The number of hydrogen-bond acceptors (Lipinski definition) is 2. The molecule has 1 aliphatic rings. The Kier molecular flexibility index (Phi) is 6.21. The molecule has 2 rings (SSSR count). The summed E-state index contributed by atoms with van der Waals surface area (Å²) in [6.07, 6.45) is 6.15. The molecule has 1 aliphatic carbocycles. The summed E-state index contributed by atoms with van der Waals surface area (Å²) in [6, 6.07) is 2.98. The molecule has 0 bridgehead atoms. The number of carbonyl (C=O) groups excluding carboxylic acids is 1. The Labute approximate surface area is 140 Å². The van der Waals surface area contributed by atoms with Gasteiger partial charge in [-0.25, -0.2) is 4.79 Å². The molecule has 0 N–H and O–H groups in total. The average molecular weight is 350 g/mol. The van der Waals surface area contributed by atoms with Crippen molar-refractivity contribution in [3.05, 3.63) is 32.8 Å². The minimum absolute atomic E-state index is 0.189. The Morgan fingerprint density at radius 1 is 1.33 bits per heavy atom. The summed E-state index contributed by atoms with van der Waals surface area (Å²) in [7, 11) is 0. The molecule has 0 aromatic heterocycles. The lowest BCUT2D eigenvalue weighted by atomic mass is 9.79. The van der Waals surface area contributed by atoms with E-state index in [9.17, 15) is 4.79 Å². The van der Waals surface area contributed by atoms with Crippen LogP contribution in [-0.2, 0) is 4.74 Å². The number of halogens is 3. The second-order valence-electron chi connectivity index (χ2n) is 5.81. The van der Waals surface area contributed by atoms with Crippen LogP contribution in [0.4, 0.5) is 0 Å². The van der Waals surface area contributed by atoms with Crippen LogP contribution in [0.5, 0.6) is 0 Å². The van der Waals surface area contributed by atoms with Crippen LogP contribution < -0.4 is 0 Å². The number of rotatable bonds is 6. The molecule has 0 heterocycles. The highest BCUT2D eigenvalue weighted by Gasteiger charge is 2.20. The molecule has 0 aliphatic heterocycles. The first-order valence-electron chi connectivity index (χ1n) is 7.29. The van der Waals surface area contributed by atoms with Gasteiger partial charge in [0.2, 0.25) is 0 Å². The topological polar surface area (TPSA) is 26.3 Å². The zero-order chi connectivity index (χ0) is 15.4. The predicted octanol–water partition coefficient (Wildman–Crippen LogP) is 6.02. The molecule has 5 heteroatoms.